The fourth-order valence-electron chi connectivity index (χ4n) is 3.43. The summed E-state index contributed by atoms with van der Waals surface area (Å²) in [6.07, 6.45) is 5.41. The molecule has 5 aromatic rings. The summed E-state index contributed by atoms with van der Waals surface area (Å²) in [5, 5.41) is 14.2. The van der Waals surface area contributed by atoms with Crippen LogP contribution in [0.1, 0.15) is 16.9 Å². The molecule has 0 aliphatic rings. The van der Waals surface area contributed by atoms with Crippen molar-refractivity contribution >= 4 is 11.8 Å². The molecular formula is C24H21N5OS. The Labute approximate surface area is 184 Å². The zero-order chi connectivity index (χ0) is 21.0. The number of aryl methyl sites for hydroxylation is 1. The Hall–Kier alpha value is -3.58. The first kappa shape index (κ1) is 19.4. The van der Waals surface area contributed by atoms with Gasteiger partial charge in [-0.15, -0.1) is 10.2 Å². The average molecular weight is 428 g/mol. The quantitative estimate of drug-likeness (QED) is 0.327. The van der Waals surface area contributed by atoms with Gasteiger partial charge in [0.25, 0.3) is 0 Å². The van der Waals surface area contributed by atoms with E-state index in [1.54, 1.807) is 24.2 Å². The first-order valence-corrected chi connectivity index (χ1v) is 11.0. The summed E-state index contributed by atoms with van der Waals surface area (Å²) in [7, 11) is 0. The molecule has 0 unspecified atom stereocenters. The first-order chi connectivity index (χ1) is 15.3. The SMILES string of the molecule is Cc1ccccc1-c1nnc(SCc2ccc(-n3cccn3)cc2)n1Cc1ccco1. The summed E-state index contributed by atoms with van der Waals surface area (Å²) in [6, 6.07) is 22.4. The molecule has 2 aromatic carbocycles. The second-order valence-corrected chi connectivity index (χ2v) is 8.13. The van der Waals surface area contributed by atoms with Crippen LogP contribution in [0.4, 0.5) is 0 Å². The van der Waals surface area contributed by atoms with Gasteiger partial charge in [0, 0.05) is 23.7 Å². The molecule has 154 valence electrons. The highest BCUT2D eigenvalue weighted by atomic mass is 32.2. The van der Waals surface area contributed by atoms with Gasteiger partial charge >= 0.3 is 0 Å². The maximum absolute atomic E-state index is 5.60. The molecule has 31 heavy (non-hydrogen) atoms. The van der Waals surface area contributed by atoms with Gasteiger partial charge in [-0.25, -0.2) is 4.68 Å². The molecule has 0 saturated heterocycles. The van der Waals surface area contributed by atoms with Gasteiger partial charge < -0.3 is 4.42 Å². The highest BCUT2D eigenvalue weighted by Crippen LogP contribution is 2.29. The number of furan rings is 1. The lowest BCUT2D eigenvalue weighted by Crippen LogP contribution is -2.04. The summed E-state index contributed by atoms with van der Waals surface area (Å²) in [6.45, 7) is 2.68. The van der Waals surface area contributed by atoms with E-state index in [0.717, 1.165) is 33.7 Å². The van der Waals surface area contributed by atoms with Crippen molar-refractivity contribution in [3.05, 3.63) is 102 Å². The third kappa shape index (κ3) is 4.18. The van der Waals surface area contributed by atoms with Crippen molar-refractivity contribution in [2.24, 2.45) is 0 Å². The lowest BCUT2D eigenvalue weighted by atomic mass is 10.1. The van der Waals surface area contributed by atoms with E-state index in [0.29, 0.717) is 6.54 Å². The van der Waals surface area contributed by atoms with E-state index in [9.17, 15) is 0 Å². The number of rotatable bonds is 7. The van der Waals surface area contributed by atoms with Crippen LogP contribution >= 0.6 is 11.8 Å². The smallest absolute Gasteiger partial charge is 0.192 e. The molecule has 5 rings (SSSR count). The number of hydrogen-bond donors (Lipinski definition) is 0. The Bertz CT molecular complexity index is 1260. The Morgan fingerprint density at radius 2 is 1.81 bits per heavy atom. The molecule has 0 aliphatic heterocycles. The number of benzene rings is 2. The summed E-state index contributed by atoms with van der Waals surface area (Å²) in [5.41, 5.74) is 4.51. The van der Waals surface area contributed by atoms with Gasteiger partial charge in [-0.2, -0.15) is 5.10 Å². The summed E-state index contributed by atoms with van der Waals surface area (Å²) in [4.78, 5) is 0. The molecule has 3 aromatic heterocycles. The van der Waals surface area contributed by atoms with Gasteiger partial charge in [-0.05, 0) is 48.4 Å². The van der Waals surface area contributed by atoms with Gasteiger partial charge in [0.2, 0.25) is 0 Å². The van der Waals surface area contributed by atoms with E-state index in [1.807, 2.05) is 41.2 Å². The van der Waals surface area contributed by atoms with E-state index < -0.39 is 0 Å². The average Bonchev–Trinajstić information content (AvgIpc) is 3.57. The Kier molecular flexibility index (Phi) is 5.41. The van der Waals surface area contributed by atoms with Crippen LogP contribution in [0.15, 0.2) is 95.0 Å². The minimum atomic E-state index is 0.588. The number of nitrogens with zero attached hydrogens (tertiary/aromatic N) is 5. The van der Waals surface area contributed by atoms with Crippen molar-refractivity contribution in [1.82, 2.24) is 24.5 Å². The van der Waals surface area contributed by atoms with Crippen molar-refractivity contribution < 1.29 is 4.42 Å². The monoisotopic (exact) mass is 427 g/mol. The van der Waals surface area contributed by atoms with Crippen molar-refractivity contribution in [3.63, 3.8) is 0 Å². The number of hydrogen-bond acceptors (Lipinski definition) is 5. The van der Waals surface area contributed by atoms with Gasteiger partial charge in [0.05, 0.1) is 18.5 Å². The lowest BCUT2D eigenvalue weighted by molar-refractivity contribution is 0.485. The third-order valence-electron chi connectivity index (χ3n) is 5.07. The fourth-order valence-corrected chi connectivity index (χ4v) is 4.33. The Balaban J connectivity index is 1.40. The fraction of sp³-hybridized carbons (Fsp3) is 0.125. The minimum Gasteiger partial charge on any atom is -0.467 e. The van der Waals surface area contributed by atoms with Crippen molar-refractivity contribution in [2.75, 3.05) is 0 Å². The van der Waals surface area contributed by atoms with E-state index in [4.69, 9.17) is 4.42 Å². The molecule has 0 spiro atoms. The molecule has 0 atom stereocenters. The van der Waals surface area contributed by atoms with Gasteiger partial charge in [-0.1, -0.05) is 48.2 Å². The molecule has 0 amide bonds. The predicted molar refractivity (Wildman–Crippen MR) is 121 cm³/mol. The van der Waals surface area contributed by atoms with Gasteiger partial charge in [-0.3, -0.25) is 4.57 Å². The van der Waals surface area contributed by atoms with E-state index in [1.165, 1.54) is 11.1 Å². The van der Waals surface area contributed by atoms with Crippen LogP contribution < -0.4 is 0 Å². The van der Waals surface area contributed by atoms with Crippen LogP contribution in [0.25, 0.3) is 17.1 Å². The minimum absolute atomic E-state index is 0.588. The second kappa shape index (κ2) is 8.65. The molecule has 0 fully saturated rings. The van der Waals surface area contributed by atoms with Gasteiger partial charge in [0.15, 0.2) is 11.0 Å². The topological polar surface area (TPSA) is 61.7 Å². The van der Waals surface area contributed by atoms with Crippen molar-refractivity contribution in [1.29, 1.82) is 0 Å². The molecule has 0 N–H and O–H groups in total. The van der Waals surface area contributed by atoms with Crippen LogP contribution in [-0.2, 0) is 12.3 Å². The zero-order valence-corrected chi connectivity index (χ0v) is 17.9. The Morgan fingerprint density at radius 3 is 2.55 bits per heavy atom. The standard InChI is InChI=1S/C24H21N5OS/c1-18-6-2-3-8-22(18)23-26-27-24(28(23)16-21-7-4-15-30-21)31-17-19-9-11-20(12-10-19)29-14-5-13-25-29/h2-15H,16-17H2,1H3. The molecule has 3 heterocycles. The molecule has 0 radical (unpaired) electrons. The van der Waals surface area contributed by atoms with E-state index in [-0.39, 0.29) is 0 Å². The molecular weight excluding hydrogens is 406 g/mol. The number of aromatic nitrogens is 5. The van der Waals surface area contributed by atoms with Crippen LogP contribution in [0, 0.1) is 6.92 Å². The highest BCUT2D eigenvalue weighted by molar-refractivity contribution is 7.98. The van der Waals surface area contributed by atoms with Crippen LogP contribution in [0.3, 0.4) is 0 Å². The van der Waals surface area contributed by atoms with E-state index >= 15 is 0 Å². The maximum atomic E-state index is 5.60. The molecule has 7 heteroatoms. The maximum Gasteiger partial charge on any atom is 0.192 e. The lowest BCUT2D eigenvalue weighted by Gasteiger charge is -2.10. The molecule has 6 nitrogen and oxygen atoms in total. The number of thioether (sulfide) groups is 1. The largest absolute Gasteiger partial charge is 0.467 e. The Morgan fingerprint density at radius 1 is 0.935 bits per heavy atom. The third-order valence-corrected chi connectivity index (χ3v) is 6.11. The first-order valence-electron chi connectivity index (χ1n) is 10.0. The van der Waals surface area contributed by atoms with Gasteiger partial charge in [0.1, 0.15) is 5.76 Å². The van der Waals surface area contributed by atoms with E-state index in [2.05, 4.69) is 63.2 Å². The van der Waals surface area contributed by atoms with Crippen LogP contribution in [-0.4, -0.2) is 24.5 Å². The van der Waals surface area contributed by atoms with Crippen molar-refractivity contribution in [3.8, 4) is 17.1 Å². The molecule has 0 aliphatic carbocycles. The summed E-state index contributed by atoms with van der Waals surface area (Å²) in [5.74, 6) is 2.52. The molecule has 0 saturated carbocycles. The second-order valence-electron chi connectivity index (χ2n) is 7.19. The molecule has 0 bridgehead atoms. The highest BCUT2D eigenvalue weighted by Gasteiger charge is 2.17. The normalized spacial score (nSPS) is 11.1. The summed E-state index contributed by atoms with van der Waals surface area (Å²) >= 11 is 1.67. The zero-order valence-electron chi connectivity index (χ0n) is 17.0. The predicted octanol–water partition coefficient (Wildman–Crippen LogP) is 5.37. The van der Waals surface area contributed by atoms with Crippen molar-refractivity contribution in [2.45, 2.75) is 24.4 Å². The summed E-state index contributed by atoms with van der Waals surface area (Å²) < 4.78 is 9.58. The van der Waals surface area contributed by atoms with Crippen LogP contribution in [0.5, 0.6) is 0 Å². The van der Waals surface area contributed by atoms with Crippen LogP contribution in [0.2, 0.25) is 0 Å².